The molecule has 0 saturated carbocycles. The molecule has 0 aromatic heterocycles. The molecule has 0 heterocycles. The number of hydrogen-bond donors (Lipinski definition) is 0. The third-order valence-electron chi connectivity index (χ3n) is 9.12. The number of benzene rings is 5. The summed E-state index contributed by atoms with van der Waals surface area (Å²) >= 11 is 0. The van der Waals surface area contributed by atoms with Gasteiger partial charge in [0, 0.05) is 0 Å². The minimum absolute atomic E-state index is 0.410. The molecule has 0 bridgehead atoms. The van der Waals surface area contributed by atoms with Gasteiger partial charge in [0.15, 0.2) is 0 Å². The average Bonchev–Trinajstić information content (AvgIpc) is 3.36. The Kier molecular flexibility index (Phi) is 7.87. The summed E-state index contributed by atoms with van der Waals surface area (Å²) in [6, 6.07) is 43.0. The van der Waals surface area contributed by atoms with Crippen molar-refractivity contribution in [2.24, 2.45) is 0 Å². The van der Waals surface area contributed by atoms with E-state index in [-0.39, 0.29) is 0 Å². The summed E-state index contributed by atoms with van der Waals surface area (Å²) in [7, 11) is 0. The fourth-order valence-corrected chi connectivity index (χ4v) is 7.25. The van der Waals surface area contributed by atoms with Crippen molar-refractivity contribution < 1.29 is 0 Å². The van der Waals surface area contributed by atoms with Gasteiger partial charge in [0.05, 0.1) is 5.41 Å². The van der Waals surface area contributed by atoms with Crippen molar-refractivity contribution in [1.29, 1.82) is 0 Å². The van der Waals surface area contributed by atoms with Crippen LogP contribution in [0.3, 0.4) is 0 Å². The zero-order valence-electron chi connectivity index (χ0n) is 25.8. The van der Waals surface area contributed by atoms with Crippen LogP contribution in [0, 0.1) is 6.92 Å². The minimum Gasteiger partial charge on any atom is -0.0988 e. The highest BCUT2D eigenvalue weighted by molar-refractivity contribution is 5.89. The minimum atomic E-state index is -0.410. The molecular formula is C43H40. The fourth-order valence-electron chi connectivity index (χ4n) is 7.25. The Morgan fingerprint density at radius 3 is 2.19 bits per heavy atom. The van der Waals surface area contributed by atoms with E-state index in [1.54, 1.807) is 0 Å². The second-order valence-electron chi connectivity index (χ2n) is 11.6. The van der Waals surface area contributed by atoms with Crippen LogP contribution >= 0.6 is 0 Å². The smallest absolute Gasteiger partial charge is 0.0713 e. The van der Waals surface area contributed by atoms with Crippen LogP contribution in [0.25, 0.3) is 27.8 Å². The molecule has 1 aliphatic carbocycles. The molecule has 0 fully saturated rings. The van der Waals surface area contributed by atoms with E-state index in [2.05, 4.69) is 162 Å². The fraction of sp³-hybridized carbons (Fsp3) is 0.163. The molecule has 5 aromatic carbocycles. The molecule has 212 valence electrons. The molecule has 5 aromatic rings. The maximum Gasteiger partial charge on any atom is 0.0713 e. The van der Waals surface area contributed by atoms with Crippen molar-refractivity contribution >= 4 is 5.57 Å². The maximum atomic E-state index is 4.09. The van der Waals surface area contributed by atoms with Gasteiger partial charge in [0.2, 0.25) is 0 Å². The van der Waals surface area contributed by atoms with E-state index in [4.69, 9.17) is 0 Å². The third kappa shape index (κ3) is 4.63. The van der Waals surface area contributed by atoms with Gasteiger partial charge in [-0.15, -0.1) is 0 Å². The Hall–Kier alpha value is -4.68. The lowest BCUT2D eigenvalue weighted by Gasteiger charge is -2.34. The summed E-state index contributed by atoms with van der Waals surface area (Å²) in [5, 5.41) is 0. The van der Waals surface area contributed by atoms with Crippen LogP contribution in [0.15, 0.2) is 146 Å². The van der Waals surface area contributed by atoms with Crippen molar-refractivity contribution in [2.45, 2.75) is 46.0 Å². The highest BCUT2D eigenvalue weighted by Gasteiger charge is 2.46. The second kappa shape index (κ2) is 11.9. The number of fused-ring (bicyclic) bond motifs is 3. The normalized spacial score (nSPS) is 16.1. The maximum absolute atomic E-state index is 4.09. The van der Waals surface area contributed by atoms with Crippen molar-refractivity contribution in [3.63, 3.8) is 0 Å². The Balaban J connectivity index is 1.66. The molecule has 0 radical (unpaired) electrons. The molecule has 0 amide bonds. The molecule has 0 spiro atoms. The molecule has 43 heavy (non-hydrogen) atoms. The molecule has 0 nitrogen and oxygen atoms in total. The molecule has 1 atom stereocenters. The predicted octanol–water partition coefficient (Wildman–Crippen LogP) is 11.5. The van der Waals surface area contributed by atoms with Gasteiger partial charge in [0.25, 0.3) is 0 Å². The first-order chi connectivity index (χ1) is 21.1. The number of allylic oxidation sites excluding steroid dienone is 5. The zero-order valence-corrected chi connectivity index (χ0v) is 25.8. The van der Waals surface area contributed by atoms with Gasteiger partial charge in [-0.3, -0.25) is 0 Å². The van der Waals surface area contributed by atoms with E-state index in [1.807, 2.05) is 6.08 Å². The second-order valence-corrected chi connectivity index (χ2v) is 11.6. The van der Waals surface area contributed by atoms with Gasteiger partial charge >= 0.3 is 0 Å². The number of aryl methyl sites for hydroxylation is 1. The Labute approximate surface area is 257 Å². The summed E-state index contributed by atoms with van der Waals surface area (Å²) in [6.45, 7) is 12.9. The van der Waals surface area contributed by atoms with Gasteiger partial charge in [-0.2, -0.15) is 0 Å². The summed E-state index contributed by atoms with van der Waals surface area (Å²) in [5.74, 6) is 0. The van der Waals surface area contributed by atoms with E-state index >= 15 is 0 Å². The van der Waals surface area contributed by atoms with E-state index in [1.165, 1.54) is 72.3 Å². The monoisotopic (exact) mass is 556 g/mol. The number of rotatable bonds is 8. The molecule has 6 rings (SSSR count). The predicted molar refractivity (Wildman–Crippen MR) is 186 cm³/mol. The van der Waals surface area contributed by atoms with Crippen LogP contribution in [-0.2, 0) is 11.8 Å². The van der Waals surface area contributed by atoms with Crippen LogP contribution in [-0.4, -0.2) is 0 Å². The Morgan fingerprint density at radius 1 is 0.744 bits per heavy atom. The Bertz CT molecular complexity index is 1860. The molecule has 1 unspecified atom stereocenters. The Morgan fingerprint density at radius 2 is 1.42 bits per heavy atom. The van der Waals surface area contributed by atoms with Crippen molar-refractivity contribution in [2.75, 3.05) is 0 Å². The topological polar surface area (TPSA) is 0 Å². The van der Waals surface area contributed by atoms with Gasteiger partial charge in [-0.25, -0.2) is 0 Å². The summed E-state index contributed by atoms with van der Waals surface area (Å²) < 4.78 is 0. The lowest BCUT2D eigenvalue weighted by molar-refractivity contribution is 0.768. The van der Waals surface area contributed by atoms with Crippen molar-refractivity contribution in [1.82, 2.24) is 0 Å². The van der Waals surface area contributed by atoms with Crippen LogP contribution in [0.1, 0.15) is 66.1 Å². The van der Waals surface area contributed by atoms with Crippen LogP contribution in [0.2, 0.25) is 0 Å². The van der Waals surface area contributed by atoms with Gasteiger partial charge < -0.3 is 0 Å². The van der Waals surface area contributed by atoms with Gasteiger partial charge in [0.1, 0.15) is 0 Å². The standard InChI is InChI=1S/C43H40/c1-6-17-35(30(4)8-3)38-26-16-25-36(37(38)18-7-2)32-20-15-23-34(29-32)43(33-21-10-9-11-22-33)40-27-13-12-24-39(40)42-31(5)19-14-28-41(42)43/h6,8-17,19-29H,3,7,18H2,1-2,4-5H3/b17-6-,35-30+. The lowest BCUT2D eigenvalue weighted by Crippen LogP contribution is -2.28. The first kappa shape index (κ1) is 28.4. The lowest BCUT2D eigenvalue weighted by atomic mass is 9.67. The van der Waals surface area contributed by atoms with Gasteiger partial charge in [-0.05, 0) is 106 Å². The third-order valence-corrected chi connectivity index (χ3v) is 9.12. The van der Waals surface area contributed by atoms with Gasteiger partial charge in [-0.1, -0.05) is 147 Å². The van der Waals surface area contributed by atoms with E-state index in [9.17, 15) is 0 Å². The summed E-state index contributed by atoms with van der Waals surface area (Å²) in [6.07, 6.45) is 8.42. The van der Waals surface area contributed by atoms with Crippen LogP contribution < -0.4 is 0 Å². The van der Waals surface area contributed by atoms with Crippen molar-refractivity contribution in [3.05, 3.63) is 185 Å². The molecule has 1 aliphatic rings. The van der Waals surface area contributed by atoms with E-state index < -0.39 is 5.41 Å². The first-order valence-electron chi connectivity index (χ1n) is 15.5. The highest BCUT2D eigenvalue weighted by atomic mass is 14.5. The van der Waals surface area contributed by atoms with Crippen LogP contribution in [0.5, 0.6) is 0 Å². The average molecular weight is 557 g/mol. The largest absolute Gasteiger partial charge is 0.0988 e. The first-order valence-corrected chi connectivity index (χ1v) is 15.5. The SMILES string of the molecule is C=C/C(C)=C(\C=C/C)c1cccc(-c2cccc(C3(c4ccccc4)c4ccccc4-c4c(C)cccc43)c2)c1CCC. The summed E-state index contributed by atoms with van der Waals surface area (Å²) in [5.41, 5.74) is 16.6. The van der Waals surface area contributed by atoms with Crippen LogP contribution in [0.4, 0.5) is 0 Å². The van der Waals surface area contributed by atoms with Crippen molar-refractivity contribution in [3.8, 4) is 22.3 Å². The summed E-state index contributed by atoms with van der Waals surface area (Å²) in [4.78, 5) is 0. The molecule has 0 N–H and O–H groups in total. The van der Waals surface area contributed by atoms with E-state index in [0.29, 0.717) is 0 Å². The zero-order chi connectivity index (χ0) is 30.0. The number of hydrogen-bond acceptors (Lipinski definition) is 0. The highest BCUT2D eigenvalue weighted by Crippen LogP contribution is 2.57. The quantitative estimate of drug-likeness (QED) is 0.164. The van der Waals surface area contributed by atoms with E-state index in [0.717, 1.165) is 12.8 Å². The molecular weight excluding hydrogens is 516 g/mol. The molecule has 0 aliphatic heterocycles. The molecule has 0 saturated heterocycles. The molecule has 0 heteroatoms.